The minimum atomic E-state index is -0.873. The fraction of sp³-hybridized carbons (Fsp3) is 0.333. The Morgan fingerprint density at radius 1 is 1.27 bits per heavy atom. The SMILES string of the molecule is N#Cc1sc(NC(=O)[C@@H]2CCC[C@H](C(=O)O)C2)nc1-c1ccc(F)cc1. The molecule has 0 radical (unpaired) electrons. The lowest BCUT2D eigenvalue weighted by Gasteiger charge is -2.25. The van der Waals surface area contributed by atoms with Crippen LogP contribution < -0.4 is 5.32 Å². The summed E-state index contributed by atoms with van der Waals surface area (Å²) in [5.41, 5.74) is 0.975. The molecule has 0 saturated heterocycles. The molecule has 1 amide bonds. The molecule has 1 aromatic heterocycles. The number of rotatable bonds is 4. The molecule has 1 aliphatic carbocycles. The van der Waals surface area contributed by atoms with Crippen molar-refractivity contribution >= 4 is 28.3 Å². The monoisotopic (exact) mass is 373 g/mol. The number of halogens is 1. The molecular weight excluding hydrogens is 357 g/mol. The second-order valence-corrected chi connectivity index (χ2v) is 7.20. The van der Waals surface area contributed by atoms with Crippen LogP contribution in [0, 0.1) is 29.0 Å². The summed E-state index contributed by atoms with van der Waals surface area (Å²) in [5, 5.41) is 21.4. The Labute approximate surface area is 153 Å². The lowest BCUT2D eigenvalue weighted by molar-refractivity contribution is -0.143. The molecule has 26 heavy (non-hydrogen) atoms. The number of carbonyl (C=O) groups excluding carboxylic acids is 1. The first-order valence-electron chi connectivity index (χ1n) is 8.18. The van der Waals surface area contributed by atoms with Crippen LogP contribution in [-0.2, 0) is 9.59 Å². The van der Waals surface area contributed by atoms with Crippen molar-refractivity contribution in [3.05, 3.63) is 35.0 Å². The first kappa shape index (κ1) is 18.0. The van der Waals surface area contributed by atoms with Crippen LogP contribution in [0.15, 0.2) is 24.3 Å². The number of aliphatic carboxylic acids is 1. The van der Waals surface area contributed by atoms with E-state index in [1.54, 1.807) is 0 Å². The fourth-order valence-corrected chi connectivity index (χ4v) is 3.90. The summed E-state index contributed by atoms with van der Waals surface area (Å²) in [7, 11) is 0. The molecule has 2 aromatic rings. The highest BCUT2D eigenvalue weighted by atomic mass is 32.1. The highest BCUT2D eigenvalue weighted by Gasteiger charge is 2.31. The van der Waals surface area contributed by atoms with Gasteiger partial charge in [-0.1, -0.05) is 17.8 Å². The number of hydrogen-bond donors (Lipinski definition) is 2. The maximum Gasteiger partial charge on any atom is 0.306 e. The van der Waals surface area contributed by atoms with E-state index < -0.39 is 11.9 Å². The zero-order valence-corrected chi connectivity index (χ0v) is 14.6. The molecule has 0 aliphatic heterocycles. The van der Waals surface area contributed by atoms with E-state index >= 15 is 0 Å². The van der Waals surface area contributed by atoms with Gasteiger partial charge in [0.2, 0.25) is 5.91 Å². The van der Waals surface area contributed by atoms with E-state index in [9.17, 15) is 19.2 Å². The normalized spacial score (nSPS) is 19.5. The third-order valence-electron chi connectivity index (χ3n) is 4.47. The van der Waals surface area contributed by atoms with Gasteiger partial charge >= 0.3 is 5.97 Å². The molecule has 3 rings (SSSR count). The Bertz CT molecular complexity index is 873. The third kappa shape index (κ3) is 3.89. The van der Waals surface area contributed by atoms with Crippen LogP contribution in [0.2, 0.25) is 0 Å². The fourth-order valence-electron chi connectivity index (χ4n) is 3.11. The van der Waals surface area contributed by atoms with Crippen molar-refractivity contribution in [3.8, 4) is 17.3 Å². The minimum Gasteiger partial charge on any atom is -0.481 e. The van der Waals surface area contributed by atoms with Gasteiger partial charge in [-0.2, -0.15) is 5.26 Å². The molecular formula is C18H16FN3O3S. The van der Waals surface area contributed by atoms with Crippen LogP contribution in [0.1, 0.15) is 30.6 Å². The molecule has 1 heterocycles. The summed E-state index contributed by atoms with van der Waals surface area (Å²) in [6.45, 7) is 0. The van der Waals surface area contributed by atoms with Gasteiger partial charge in [-0.05, 0) is 43.5 Å². The lowest BCUT2D eigenvalue weighted by atomic mass is 9.81. The van der Waals surface area contributed by atoms with Crippen molar-refractivity contribution in [1.82, 2.24) is 4.98 Å². The average Bonchev–Trinajstić information content (AvgIpc) is 3.05. The summed E-state index contributed by atoms with van der Waals surface area (Å²) in [6, 6.07) is 7.64. The number of carboxylic acid groups (broad SMARTS) is 1. The number of hydrogen-bond acceptors (Lipinski definition) is 5. The second kappa shape index (κ2) is 7.62. The van der Waals surface area contributed by atoms with E-state index in [1.165, 1.54) is 24.3 Å². The van der Waals surface area contributed by atoms with Crippen LogP contribution in [0.4, 0.5) is 9.52 Å². The summed E-state index contributed by atoms with van der Waals surface area (Å²) >= 11 is 1.04. The van der Waals surface area contributed by atoms with Gasteiger partial charge in [0.1, 0.15) is 22.5 Å². The van der Waals surface area contributed by atoms with Gasteiger partial charge in [-0.3, -0.25) is 9.59 Å². The van der Waals surface area contributed by atoms with Gasteiger partial charge in [-0.15, -0.1) is 0 Å². The van der Waals surface area contributed by atoms with E-state index in [2.05, 4.69) is 10.3 Å². The number of carboxylic acids is 1. The molecule has 0 unspecified atom stereocenters. The van der Waals surface area contributed by atoms with Gasteiger partial charge in [0.15, 0.2) is 5.13 Å². The summed E-state index contributed by atoms with van der Waals surface area (Å²) in [6.07, 6.45) is 2.22. The molecule has 1 aromatic carbocycles. The largest absolute Gasteiger partial charge is 0.481 e. The number of thiazole rings is 1. The van der Waals surface area contributed by atoms with Gasteiger partial charge < -0.3 is 10.4 Å². The topological polar surface area (TPSA) is 103 Å². The van der Waals surface area contributed by atoms with Gasteiger partial charge in [0.25, 0.3) is 0 Å². The molecule has 0 bridgehead atoms. The molecule has 0 spiro atoms. The summed E-state index contributed by atoms with van der Waals surface area (Å²) in [4.78, 5) is 28.2. The second-order valence-electron chi connectivity index (χ2n) is 6.20. The highest BCUT2D eigenvalue weighted by molar-refractivity contribution is 7.16. The Morgan fingerprint density at radius 2 is 1.96 bits per heavy atom. The predicted molar refractivity (Wildman–Crippen MR) is 93.9 cm³/mol. The smallest absolute Gasteiger partial charge is 0.306 e. The van der Waals surface area contributed by atoms with E-state index in [1.807, 2.05) is 6.07 Å². The number of nitrogens with one attached hydrogen (secondary N) is 1. The van der Waals surface area contributed by atoms with E-state index in [4.69, 9.17) is 5.11 Å². The van der Waals surface area contributed by atoms with Crippen molar-refractivity contribution in [1.29, 1.82) is 5.26 Å². The molecule has 1 fully saturated rings. The van der Waals surface area contributed by atoms with E-state index in [0.29, 0.717) is 41.8 Å². The molecule has 134 valence electrons. The van der Waals surface area contributed by atoms with Crippen molar-refractivity contribution in [2.45, 2.75) is 25.7 Å². The third-order valence-corrected chi connectivity index (χ3v) is 5.35. The van der Waals surface area contributed by atoms with Crippen molar-refractivity contribution in [2.24, 2.45) is 11.8 Å². The lowest BCUT2D eigenvalue weighted by Crippen LogP contribution is -2.30. The number of anilines is 1. The Morgan fingerprint density at radius 3 is 2.62 bits per heavy atom. The number of nitrogens with zero attached hydrogens (tertiary/aromatic N) is 2. The van der Waals surface area contributed by atoms with Gasteiger partial charge in [-0.25, -0.2) is 9.37 Å². The highest BCUT2D eigenvalue weighted by Crippen LogP contribution is 2.33. The molecule has 2 N–H and O–H groups in total. The first-order valence-corrected chi connectivity index (χ1v) is 9.00. The molecule has 6 nitrogen and oxygen atoms in total. The molecule has 1 aliphatic rings. The number of benzene rings is 1. The van der Waals surface area contributed by atoms with E-state index in [-0.39, 0.29) is 22.8 Å². The molecule has 2 atom stereocenters. The Balaban J connectivity index is 1.76. The van der Waals surface area contributed by atoms with Crippen LogP contribution in [-0.4, -0.2) is 22.0 Å². The zero-order chi connectivity index (χ0) is 18.7. The van der Waals surface area contributed by atoms with Crippen molar-refractivity contribution in [3.63, 3.8) is 0 Å². The Hall–Kier alpha value is -2.79. The standard InChI is InChI=1S/C18H16FN3O3S/c19-13-6-4-10(5-7-13)15-14(9-20)26-18(21-15)22-16(23)11-2-1-3-12(8-11)17(24)25/h4-7,11-12H,1-3,8H2,(H,24,25)(H,21,22,23)/t11-,12+/m1/s1. The van der Waals surface area contributed by atoms with Crippen molar-refractivity contribution in [2.75, 3.05) is 5.32 Å². The Kier molecular flexibility index (Phi) is 5.28. The van der Waals surface area contributed by atoms with Gasteiger partial charge in [0, 0.05) is 11.5 Å². The van der Waals surface area contributed by atoms with Crippen LogP contribution in [0.5, 0.6) is 0 Å². The van der Waals surface area contributed by atoms with Crippen LogP contribution in [0.3, 0.4) is 0 Å². The molecule has 1 saturated carbocycles. The number of carbonyl (C=O) groups is 2. The summed E-state index contributed by atoms with van der Waals surface area (Å²) < 4.78 is 13.1. The quantitative estimate of drug-likeness (QED) is 0.851. The number of nitriles is 1. The average molecular weight is 373 g/mol. The predicted octanol–water partition coefficient (Wildman–Crippen LogP) is 3.65. The summed E-state index contributed by atoms with van der Waals surface area (Å²) in [5.74, 6) is -2.42. The van der Waals surface area contributed by atoms with Crippen LogP contribution >= 0.6 is 11.3 Å². The maximum absolute atomic E-state index is 13.1. The van der Waals surface area contributed by atoms with E-state index in [0.717, 1.165) is 11.3 Å². The molecule has 8 heteroatoms. The number of aromatic nitrogens is 1. The maximum atomic E-state index is 13.1. The number of amides is 1. The van der Waals surface area contributed by atoms with Crippen molar-refractivity contribution < 1.29 is 19.1 Å². The van der Waals surface area contributed by atoms with Crippen LogP contribution in [0.25, 0.3) is 11.3 Å². The minimum absolute atomic E-state index is 0.278. The first-order chi connectivity index (χ1) is 12.5. The zero-order valence-electron chi connectivity index (χ0n) is 13.7. The van der Waals surface area contributed by atoms with Gasteiger partial charge in [0.05, 0.1) is 5.92 Å².